The van der Waals surface area contributed by atoms with Gasteiger partial charge in [-0.15, -0.1) is 0 Å². The summed E-state index contributed by atoms with van der Waals surface area (Å²) in [6, 6.07) is 5.91. The number of aromatic nitrogens is 2. The molecule has 0 atom stereocenters. The Morgan fingerprint density at radius 3 is 2.68 bits per heavy atom. The van der Waals surface area contributed by atoms with Gasteiger partial charge in [0.25, 0.3) is 5.91 Å². The number of hydrogen-bond donors (Lipinski definition) is 2. The highest BCUT2D eigenvalue weighted by molar-refractivity contribution is 7.98. The van der Waals surface area contributed by atoms with Gasteiger partial charge in [0.1, 0.15) is 5.82 Å². The summed E-state index contributed by atoms with van der Waals surface area (Å²) in [6.45, 7) is 2.28. The lowest BCUT2D eigenvalue weighted by Gasteiger charge is -2.09. The number of rotatable bonds is 6. The van der Waals surface area contributed by atoms with Crippen molar-refractivity contribution in [2.24, 2.45) is 7.05 Å². The van der Waals surface area contributed by atoms with Gasteiger partial charge in [0.15, 0.2) is 0 Å². The van der Waals surface area contributed by atoms with Crippen molar-refractivity contribution in [2.45, 2.75) is 29.7 Å². The molecule has 2 N–H and O–H groups in total. The zero-order chi connectivity index (χ0) is 18.0. The summed E-state index contributed by atoms with van der Waals surface area (Å²) in [5.41, 5.74) is 2.46. The largest absolute Gasteiger partial charge is 0.307 e. The summed E-state index contributed by atoms with van der Waals surface area (Å²) < 4.78 is 28.3. The van der Waals surface area contributed by atoms with Crippen LogP contribution in [0.3, 0.4) is 0 Å². The molecule has 1 amide bonds. The summed E-state index contributed by atoms with van der Waals surface area (Å²) in [6.07, 6.45) is 0.715. The molecule has 1 aromatic heterocycles. The smallest absolute Gasteiger partial charge is 0.256 e. The van der Waals surface area contributed by atoms with Crippen molar-refractivity contribution < 1.29 is 13.2 Å². The van der Waals surface area contributed by atoms with Gasteiger partial charge in [-0.1, -0.05) is 6.92 Å². The van der Waals surface area contributed by atoms with E-state index in [0.717, 1.165) is 22.8 Å². The highest BCUT2D eigenvalue weighted by Crippen LogP contribution is 2.34. The first-order valence-electron chi connectivity index (χ1n) is 7.96. The first kappa shape index (κ1) is 18.0. The summed E-state index contributed by atoms with van der Waals surface area (Å²) in [4.78, 5) is 12.6. The number of aryl methyl sites for hydroxylation is 1. The lowest BCUT2D eigenvalue weighted by molar-refractivity contribution is 0.102. The van der Waals surface area contributed by atoms with E-state index in [1.54, 1.807) is 23.5 Å². The van der Waals surface area contributed by atoms with Crippen LogP contribution in [-0.2, 0) is 28.6 Å². The molecule has 7 nitrogen and oxygen atoms in total. The molecule has 0 radical (unpaired) electrons. The average Bonchev–Trinajstić information content (AvgIpc) is 3.15. The molecule has 2 heterocycles. The van der Waals surface area contributed by atoms with Crippen molar-refractivity contribution in [1.82, 2.24) is 14.5 Å². The van der Waals surface area contributed by atoms with Crippen molar-refractivity contribution >= 4 is 33.5 Å². The van der Waals surface area contributed by atoms with E-state index in [1.807, 2.05) is 6.92 Å². The third kappa shape index (κ3) is 3.73. The van der Waals surface area contributed by atoms with Crippen LogP contribution >= 0.6 is 11.8 Å². The Morgan fingerprint density at radius 1 is 1.28 bits per heavy atom. The number of anilines is 1. The summed E-state index contributed by atoms with van der Waals surface area (Å²) in [5, 5.41) is 7.29. The van der Waals surface area contributed by atoms with Crippen molar-refractivity contribution in [3.63, 3.8) is 0 Å². The number of nitrogens with zero attached hydrogens (tertiary/aromatic N) is 2. The van der Waals surface area contributed by atoms with Crippen LogP contribution in [0.5, 0.6) is 0 Å². The van der Waals surface area contributed by atoms with Gasteiger partial charge in [-0.25, -0.2) is 13.1 Å². The van der Waals surface area contributed by atoms with Gasteiger partial charge in [0.05, 0.1) is 10.6 Å². The first-order chi connectivity index (χ1) is 11.9. The second-order valence-electron chi connectivity index (χ2n) is 5.77. The van der Waals surface area contributed by atoms with Crippen molar-refractivity contribution in [2.75, 3.05) is 11.9 Å². The van der Waals surface area contributed by atoms with E-state index in [0.29, 0.717) is 24.3 Å². The van der Waals surface area contributed by atoms with E-state index in [4.69, 9.17) is 0 Å². The number of amides is 1. The molecular formula is C16H20N4O3S2. The highest BCUT2D eigenvalue weighted by atomic mass is 32.2. The van der Waals surface area contributed by atoms with Crippen LogP contribution in [-0.4, -0.2) is 30.7 Å². The van der Waals surface area contributed by atoms with E-state index in [9.17, 15) is 13.2 Å². The quantitative estimate of drug-likeness (QED) is 0.801. The van der Waals surface area contributed by atoms with Gasteiger partial charge in [-0.2, -0.15) is 16.9 Å². The number of carbonyl (C=O) groups excluding carboxylic acids is 1. The Balaban J connectivity index is 1.76. The Kier molecular flexibility index (Phi) is 5.16. The van der Waals surface area contributed by atoms with E-state index >= 15 is 0 Å². The summed E-state index contributed by atoms with van der Waals surface area (Å²) in [5.74, 6) is 2.11. The number of nitrogens with one attached hydrogen (secondary N) is 2. The van der Waals surface area contributed by atoms with Gasteiger partial charge < -0.3 is 5.32 Å². The minimum atomic E-state index is -3.53. The van der Waals surface area contributed by atoms with E-state index < -0.39 is 10.0 Å². The molecule has 1 aromatic carbocycles. The minimum absolute atomic E-state index is 0.148. The molecule has 0 saturated carbocycles. The zero-order valence-corrected chi connectivity index (χ0v) is 15.7. The normalized spacial score (nSPS) is 13.7. The third-order valence-electron chi connectivity index (χ3n) is 3.91. The van der Waals surface area contributed by atoms with Gasteiger partial charge in [0, 0.05) is 36.2 Å². The number of sulfonamides is 1. The monoisotopic (exact) mass is 380 g/mol. The van der Waals surface area contributed by atoms with Crippen LogP contribution in [0.4, 0.5) is 5.82 Å². The maximum Gasteiger partial charge on any atom is 0.256 e. The fraction of sp³-hybridized carbons (Fsp3) is 0.375. The van der Waals surface area contributed by atoms with Crippen LogP contribution < -0.4 is 10.0 Å². The van der Waals surface area contributed by atoms with Crippen molar-refractivity contribution in [3.8, 4) is 0 Å². The van der Waals surface area contributed by atoms with Gasteiger partial charge >= 0.3 is 0 Å². The van der Waals surface area contributed by atoms with Crippen LogP contribution in [0.25, 0.3) is 0 Å². The van der Waals surface area contributed by atoms with Crippen molar-refractivity contribution in [3.05, 3.63) is 41.1 Å². The van der Waals surface area contributed by atoms with Crippen LogP contribution in [0.1, 0.15) is 35.0 Å². The van der Waals surface area contributed by atoms with Gasteiger partial charge in [-0.3, -0.25) is 9.48 Å². The molecular weight excluding hydrogens is 360 g/mol. The van der Waals surface area contributed by atoms with E-state index in [2.05, 4.69) is 15.1 Å². The first-order valence-corrected chi connectivity index (χ1v) is 10.6. The maximum atomic E-state index is 12.5. The molecule has 2 aromatic rings. The third-order valence-corrected chi connectivity index (χ3v) is 6.36. The Labute approximate surface area is 151 Å². The number of fused-ring (bicyclic) bond motifs is 1. The molecule has 1 aliphatic rings. The number of hydrogen-bond acceptors (Lipinski definition) is 5. The van der Waals surface area contributed by atoms with Gasteiger partial charge in [-0.05, 0) is 30.7 Å². The lowest BCUT2D eigenvalue weighted by Crippen LogP contribution is -2.24. The average molecular weight is 380 g/mol. The van der Waals surface area contributed by atoms with Crippen LogP contribution in [0, 0.1) is 0 Å². The highest BCUT2D eigenvalue weighted by Gasteiger charge is 2.23. The minimum Gasteiger partial charge on any atom is -0.307 e. The molecule has 134 valence electrons. The number of carbonyl (C=O) groups is 1. The van der Waals surface area contributed by atoms with E-state index in [1.165, 1.54) is 24.3 Å². The second-order valence-corrected chi connectivity index (χ2v) is 8.52. The standard InChI is InChI=1S/C16H20N4O3S2/c1-3-8-17-25(22,23)12-6-4-11(5-7-12)16(21)18-15-13-9-24-10-14(13)19-20(15)2/h4-7,17H,3,8-10H2,1-2H3,(H,18,21). The fourth-order valence-electron chi connectivity index (χ4n) is 2.58. The molecule has 0 saturated heterocycles. The Morgan fingerprint density at radius 2 is 2.00 bits per heavy atom. The number of benzene rings is 1. The molecule has 3 rings (SSSR count). The Hall–Kier alpha value is -1.84. The summed E-state index contributed by atoms with van der Waals surface area (Å²) >= 11 is 1.77. The molecule has 0 unspecified atom stereocenters. The van der Waals surface area contributed by atoms with E-state index in [-0.39, 0.29) is 10.8 Å². The second kappa shape index (κ2) is 7.19. The molecule has 9 heteroatoms. The Bertz CT molecular complexity index is 889. The van der Waals surface area contributed by atoms with Crippen molar-refractivity contribution in [1.29, 1.82) is 0 Å². The predicted octanol–water partition coefficient (Wildman–Crippen LogP) is 2.11. The molecule has 1 aliphatic heterocycles. The van der Waals surface area contributed by atoms with Crippen LogP contribution in [0.15, 0.2) is 29.2 Å². The maximum absolute atomic E-state index is 12.5. The number of thioether (sulfide) groups is 1. The lowest BCUT2D eigenvalue weighted by atomic mass is 10.2. The zero-order valence-electron chi connectivity index (χ0n) is 14.1. The molecule has 25 heavy (non-hydrogen) atoms. The molecule has 0 spiro atoms. The topological polar surface area (TPSA) is 93.1 Å². The van der Waals surface area contributed by atoms with Crippen LogP contribution in [0.2, 0.25) is 0 Å². The molecule has 0 bridgehead atoms. The predicted molar refractivity (Wildman–Crippen MR) is 98.1 cm³/mol. The SMILES string of the molecule is CCCNS(=O)(=O)c1ccc(C(=O)Nc2c3c(nn2C)CSC3)cc1. The molecule has 0 fully saturated rings. The fourth-order valence-corrected chi connectivity index (χ4v) is 4.75. The van der Waals surface area contributed by atoms with Gasteiger partial charge in [0.2, 0.25) is 10.0 Å². The molecule has 0 aliphatic carbocycles. The summed E-state index contributed by atoms with van der Waals surface area (Å²) in [7, 11) is -1.73.